The predicted octanol–water partition coefficient (Wildman–Crippen LogP) is 3.82. The third-order valence-corrected chi connectivity index (χ3v) is 4.59. The van der Waals surface area contributed by atoms with E-state index < -0.39 is 0 Å². The summed E-state index contributed by atoms with van der Waals surface area (Å²) in [6, 6.07) is 15.8. The van der Waals surface area contributed by atoms with Crippen LogP contribution in [0.15, 0.2) is 48.5 Å². The molecule has 1 aliphatic rings. The molecular weight excluding hydrogens is 359 g/mol. The first-order chi connectivity index (χ1) is 13.9. The highest BCUT2D eigenvalue weighted by atomic mass is 16.6. The molecule has 1 aliphatic heterocycles. The molecule has 2 aromatic rings. The van der Waals surface area contributed by atoms with Crippen LogP contribution in [0.2, 0.25) is 0 Å². The van der Waals surface area contributed by atoms with E-state index in [9.17, 15) is 5.11 Å². The van der Waals surface area contributed by atoms with Crippen LogP contribution in [0.1, 0.15) is 59.6 Å². The summed E-state index contributed by atoms with van der Waals surface area (Å²) in [5.74, 6) is 0. The first-order valence-electron chi connectivity index (χ1n) is 10.6. The zero-order chi connectivity index (χ0) is 21.9. The Balaban J connectivity index is 0.000000299. The van der Waals surface area contributed by atoms with Gasteiger partial charge in [-0.1, -0.05) is 95.8 Å². The van der Waals surface area contributed by atoms with Crippen LogP contribution in [0.25, 0.3) is 12.7 Å². The molecule has 4 heteroatoms. The molecule has 2 aromatic carbocycles. The van der Waals surface area contributed by atoms with Gasteiger partial charge in [-0.2, -0.15) is 0 Å². The van der Waals surface area contributed by atoms with Crippen LogP contribution in [0.4, 0.5) is 0 Å². The Bertz CT molecular complexity index is 808. The Morgan fingerprint density at radius 3 is 2.17 bits per heavy atom. The maximum atomic E-state index is 9.33. The van der Waals surface area contributed by atoms with Crippen LogP contribution in [0.5, 0.6) is 0 Å². The third kappa shape index (κ3) is 7.81. The normalized spacial score (nSPS) is 16.8. The summed E-state index contributed by atoms with van der Waals surface area (Å²) in [5, 5.41) is 11.5. The van der Waals surface area contributed by atoms with Crippen LogP contribution >= 0.6 is 0 Å². The molecule has 29 heavy (non-hydrogen) atoms. The smallest absolute Gasteiger partial charge is 0.407 e. The Hall–Kier alpha value is -1.88. The fraction of sp³-hybridized carbons (Fsp3) is 0.440. The molecule has 0 amide bonds. The Kier molecular flexibility index (Phi) is 11.0. The monoisotopic (exact) mass is 396 g/mol. The maximum absolute atomic E-state index is 9.33. The van der Waals surface area contributed by atoms with Crippen molar-refractivity contribution in [1.82, 2.24) is 0 Å². The minimum atomic E-state index is -0.291. The van der Waals surface area contributed by atoms with Crippen LogP contribution in [0.3, 0.4) is 0 Å². The largest absolute Gasteiger partial charge is 0.494 e. The number of rotatable bonds is 3. The SMILES string of the molecule is C=c1cccc(B2OCC(C)(C)CO2)/c1=C/C.CC.CC[C@H](O)c1ccccc1. The molecule has 0 spiro atoms. The average molecular weight is 396 g/mol. The molecule has 0 saturated carbocycles. The van der Waals surface area contributed by atoms with E-state index in [4.69, 9.17) is 9.31 Å². The summed E-state index contributed by atoms with van der Waals surface area (Å²) >= 11 is 0. The van der Waals surface area contributed by atoms with Crippen molar-refractivity contribution in [1.29, 1.82) is 0 Å². The Morgan fingerprint density at radius 1 is 1.07 bits per heavy atom. The zero-order valence-corrected chi connectivity index (χ0v) is 18.9. The highest BCUT2D eigenvalue weighted by molar-refractivity contribution is 6.61. The van der Waals surface area contributed by atoms with Gasteiger partial charge < -0.3 is 14.4 Å². The van der Waals surface area contributed by atoms with Gasteiger partial charge in [0.1, 0.15) is 0 Å². The molecule has 0 bridgehead atoms. The van der Waals surface area contributed by atoms with Crippen molar-refractivity contribution in [2.24, 2.45) is 5.41 Å². The zero-order valence-electron chi connectivity index (χ0n) is 18.9. The molecule has 158 valence electrons. The van der Waals surface area contributed by atoms with E-state index in [-0.39, 0.29) is 18.6 Å². The minimum Gasteiger partial charge on any atom is -0.407 e. The van der Waals surface area contributed by atoms with E-state index in [0.29, 0.717) is 0 Å². The van der Waals surface area contributed by atoms with Gasteiger partial charge in [-0.3, -0.25) is 0 Å². The van der Waals surface area contributed by atoms with Gasteiger partial charge >= 0.3 is 7.12 Å². The summed E-state index contributed by atoms with van der Waals surface area (Å²) < 4.78 is 11.6. The lowest BCUT2D eigenvalue weighted by molar-refractivity contribution is 0.0342. The first kappa shape index (κ1) is 25.2. The molecule has 0 radical (unpaired) electrons. The molecule has 0 unspecified atom stereocenters. The number of aliphatic hydroxyl groups excluding tert-OH is 1. The molecule has 0 aliphatic carbocycles. The van der Waals surface area contributed by atoms with Crippen molar-refractivity contribution in [3.63, 3.8) is 0 Å². The van der Waals surface area contributed by atoms with Gasteiger partial charge in [0.2, 0.25) is 0 Å². The number of hydrogen-bond acceptors (Lipinski definition) is 3. The Labute approximate surface area is 177 Å². The van der Waals surface area contributed by atoms with Crippen molar-refractivity contribution >= 4 is 25.2 Å². The van der Waals surface area contributed by atoms with Crippen molar-refractivity contribution in [2.75, 3.05) is 13.2 Å². The molecular formula is C25H37BO3. The summed E-state index contributed by atoms with van der Waals surface area (Å²) in [6.07, 6.45) is 2.55. The van der Waals surface area contributed by atoms with Crippen LogP contribution in [-0.2, 0) is 9.31 Å². The van der Waals surface area contributed by atoms with Gasteiger partial charge in [0, 0.05) is 18.6 Å². The van der Waals surface area contributed by atoms with Crippen LogP contribution < -0.4 is 15.9 Å². The molecule has 1 heterocycles. The highest BCUT2D eigenvalue weighted by Crippen LogP contribution is 2.20. The van der Waals surface area contributed by atoms with Gasteiger partial charge in [-0.05, 0) is 34.8 Å². The van der Waals surface area contributed by atoms with Gasteiger partial charge in [0.05, 0.1) is 6.10 Å². The van der Waals surface area contributed by atoms with E-state index in [0.717, 1.165) is 41.1 Å². The van der Waals surface area contributed by atoms with E-state index in [2.05, 4.69) is 26.5 Å². The van der Waals surface area contributed by atoms with Crippen molar-refractivity contribution in [2.45, 2.75) is 54.1 Å². The summed E-state index contributed by atoms with van der Waals surface area (Å²) in [7, 11) is -0.254. The molecule has 1 atom stereocenters. The van der Waals surface area contributed by atoms with E-state index in [1.54, 1.807) is 0 Å². The second kappa shape index (κ2) is 12.6. The van der Waals surface area contributed by atoms with Gasteiger partial charge in [0.15, 0.2) is 0 Å². The average Bonchev–Trinajstić information content (AvgIpc) is 2.75. The third-order valence-electron chi connectivity index (χ3n) is 4.59. The van der Waals surface area contributed by atoms with Gasteiger partial charge in [0.25, 0.3) is 0 Å². The predicted molar refractivity (Wildman–Crippen MR) is 125 cm³/mol. The number of aliphatic hydroxyl groups is 1. The summed E-state index contributed by atoms with van der Waals surface area (Å²) in [6.45, 7) is 17.8. The molecule has 1 N–H and O–H groups in total. The van der Waals surface area contributed by atoms with Crippen molar-refractivity contribution in [3.8, 4) is 0 Å². The molecule has 1 saturated heterocycles. The van der Waals surface area contributed by atoms with Gasteiger partial charge in [-0.15, -0.1) is 0 Å². The topological polar surface area (TPSA) is 38.7 Å². The first-order valence-corrected chi connectivity index (χ1v) is 10.6. The Morgan fingerprint density at radius 2 is 1.66 bits per heavy atom. The van der Waals surface area contributed by atoms with Crippen molar-refractivity contribution < 1.29 is 14.4 Å². The lowest BCUT2D eigenvalue weighted by atomic mass is 9.74. The van der Waals surface area contributed by atoms with Gasteiger partial charge in [-0.25, -0.2) is 0 Å². The summed E-state index contributed by atoms with van der Waals surface area (Å²) in [4.78, 5) is 0. The molecule has 3 nitrogen and oxygen atoms in total. The second-order valence-electron chi connectivity index (χ2n) is 7.66. The summed E-state index contributed by atoms with van der Waals surface area (Å²) in [5.41, 5.74) is 2.19. The highest BCUT2D eigenvalue weighted by Gasteiger charge is 2.33. The number of benzene rings is 2. The number of hydrogen-bond donors (Lipinski definition) is 1. The van der Waals surface area contributed by atoms with Crippen LogP contribution in [-0.4, -0.2) is 25.4 Å². The van der Waals surface area contributed by atoms with E-state index >= 15 is 0 Å². The standard InChI is InChI=1S/C14H19BO2.C9H12O.C2H6/c1-5-12-11(2)7-6-8-13(12)15-16-9-14(3,4)10-17-15;1-2-9(10)8-6-4-3-5-7-8;1-2/h5-8H,2,9-10H2,1,3-4H3;3-7,9-10H,2H2,1H3;1-2H3/b12-5+;;/t;9-;/m.0./s1. The quantitative estimate of drug-likeness (QED) is 0.802. The lowest BCUT2D eigenvalue weighted by Gasteiger charge is -2.33. The fourth-order valence-corrected chi connectivity index (χ4v) is 2.97. The second-order valence-corrected chi connectivity index (χ2v) is 7.66. The molecule has 0 aromatic heterocycles. The molecule has 3 rings (SSSR count). The van der Waals surface area contributed by atoms with E-state index in [1.165, 1.54) is 0 Å². The lowest BCUT2D eigenvalue weighted by Crippen LogP contribution is -2.55. The minimum absolute atomic E-state index is 0.106. The van der Waals surface area contributed by atoms with Crippen LogP contribution in [0, 0.1) is 5.41 Å². The van der Waals surface area contributed by atoms with Crippen molar-refractivity contribution in [3.05, 3.63) is 64.5 Å². The maximum Gasteiger partial charge on any atom is 0.494 e. The molecule has 1 fully saturated rings. The van der Waals surface area contributed by atoms with E-state index in [1.807, 2.05) is 76.2 Å². The fourth-order valence-electron chi connectivity index (χ4n) is 2.97.